The first-order valence-corrected chi connectivity index (χ1v) is 5.30. The monoisotopic (exact) mass is 287 g/mol. The van der Waals surface area contributed by atoms with Crippen molar-refractivity contribution < 1.29 is 5.11 Å². The van der Waals surface area contributed by atoms with E-state index in [0.717, 1.165) is 0 Å². The smallest absolute Gasteiger partial charge is 0.156 e. The summed E-state index contributed by atoms with van der Waals surface area (Å²) >= 11 is 9.13. The molecule has 1 heterocycles. The summed E-state index contributed by atoms with van der Waals surface area (Å²) in [7, 11) is 1.74. The Balaban J connectivity index is 2.68. The highest BCUT2D eigenvalue weighted by molar-refractivity contribution is 9.10. The Labute approximate surface area is 99.6 Å². The Kier molecular flexibility index (Phi) is 2.67. The second kappa shape index (κ2) is 3.83. The number of aryl methyl sites for hydroxylation is 1. The number of halogens is 2. The van der Waals surface area contributed by atoms with E-state index in [4.69, 9.17) is 11.6 Å². The van der Waals surface area contributed by atoms with Crippen LogP contribution in [0.2, 0.25) is 5.02 Å². The van der Waals surface area contributed by atoms with Crippen molar-refractivity contribution in [3.05, 3.63) is 27.8 Å². The van der Waals surface area contributed by atoms with Crippen LogP contribution in [0, 0.1) is 0 Å². The van der Waals surface area contributed by atoms with Crippen LogP contribution in [0.4, 0.5) is 0 Å². The molecule has 2 rings (SSSR count). The Morgan fingerprint density at radius 3 is 2.80 bits per heavy atom. The zero-order valence-corrected chi connectivity index (χ0v) is 10.1. The molecule has 4 nitrogen and oxygen atoms in total. The van der Waals surface area contributed by atoms with Crippen molar-refractivity contribution in [2.75, 3.05) is 0 Å². The molecule has 2 aromatic rings. The van der Waals surface area contributed by atoms with Gasteiger partial charge in [-0.2, -0.15) is 0 Å². The second-order valence-corrected chi connectivity index (χ2v) is 4.20. The number of aromatic hydroxyl groups is 1. The van der Waals surface area contributed by atoms with Gasteiger partial charge in [0.2, 0.25) is 0 Å². The van der Waals surface area contributed by atoms with Crippen molar-refractivity contribution in [3.63, 3.8) is 0 Å². The summed E-state index contributed by atoms with van der Waals surface area (Å²) in [4.78, 5) is 0. The van der Waals surface area contributed by atoms with Crippen molar-refractivity contribution in [2.45, 2.75) is 0 Å². The van der Waals surface area contributed by atoms with Crippen LogP contribution in [0.1, 0.15) is 0 Å². The van der Waals surface area contributed by atoms with E-state index in [2.05, 4.69) is 26.2 Å². The highest BCUT2D eigenvalue weighted by Gasteiger charge is 2.14. The van der Waals surface area contributed by atoms with Crippen molar-refractivity contribution in [2.24, 2.45) is 7.05 Å². The number of nitrogens with zero attached hydrogens (tertiary/aromatic N) is 3. The average Bonchev–Trinajstić information content (AvgIpc) is 2.51. The summed E-state index contributed by atoms with van der Waals surface area (Å²) in [5.41, 5.74) is 1.29. The van der Waals surface area contributed by atoms with Crippen LogP contribution in [0.15, 0.2) is 22.8 Å². The lowest BCUT2D eigenvalue weighted by atomic mass is 10.1. The fourth-order valence-corrected chi connectivity index (χ4v) is 2.03. The Hall–Kier alpha value is -1.07. The third-order valence-corrected chi connectivity index (χ3v) is 2.77. The first-order valence-electron chi connectivity index (χ1n) is 4.13. The van der Waals surface area contributed by atoms with Crippen LogP contribution in [0.25, 0.3) is 11.3 Å². The van der Waals surface area contributed by atoms with Crippen LogP contribution >= 0.6 is 27.5 Å². The number of phenols is 1. The molecule has 0 spiro atoms. The predicted octanol–water partition coefficient (Wildman–Crippen LogP) is 2.60. The fourth-order valence-electron chi connectivity index (χ4n) is 1.32. The van der Waals surface area contributed by atoms with Gasteiger partial charge >= 0.3 is 0 Å². The molecule has 0 aliphatic heterocycles. The molecular weight excluding hydrogens is 281 g/mol. The van der Waals surface area contributed by atoms with Crippen LogP contribution < -0.4 is 0 Å². The van der Waals surface area contributed by atoms with Gasteiger partial charge in [0.1, 0.15) is 11.4 Å². The normalized spacial score (nSPS) is 10.6. The predicted molar refractivity (Wildman–Crippen MR) is 60.8 cm³/mol. The molecule has 0 bridgehead atoms. The van der Waals surface area contributed by atoms with E-state index in [0.29, 0.717) is 20.9 Å². The van der Waals surface area contributed by atoms with E-state index in [9.17, 15) is 5.11 Å². The first kappa shape index (κ1) is 10.4. The largest absolute Gasteiger partial charge is 0.507 e. The lowest BCUT2D eigenvalue weighted by molar-refractivity contribution is 0.476. The van der Waals surface area contributed by atoms with Crippen LogP contribution in [-0.2, 0) is 7.05 Å². The molecule has 15 heavy (non-hydrogen) atoms. The van der Waals surface area contributed by atoms with E-state index in [1.54, 1.807) is 23.9 Å². The summed E-state index contributed by atoms with van der Waals surface area (Å²) < 4.78 is 2.14. The van der Waals surface area contributed by atoms with E-state index in [1.165, 1.54) is 6.07 Å². The topological polar surface area (TPSA) is 50.9 Å². The van der Waals surface area contributed by atoms with Gasteiger partial charge in [-0.3, -0.25) is 0 Å². The molecule has 0 aliphatic carbocycles. The van der Waals surface area contributed by atoms with E-state index in [1.807, 2.05) is 0 Å². The van der Waals surface area contributed by atoms with Gasteiger partial charge in [0.15, 0.2) is 4.60 Å². The molecule has 0 saturated heterocycles. The van der Waals surface area contributed by atoms with E-state index < -0.39 is 0 Å². The van der Waals surface area contributed by atoms with Crippen molar-refractivity contribution in [3.8, 4) is 17.0 Å². The molecule has 1 aromatic heterocycles. The number of benzene rings is 1. The zero-order chi connectivity index (χ0) is 11.0. The molecule has 6 heteroatoms. The van der Waals surface area contributed by atoms with Gasteiger partial charge in [-0.25, -0.2) is 4.68 Å². The van der Waals surface area contributed by atoms with Gasteiger partial charge in [0.25, 0.3) is 0 Å². The summed E-state index contributed by atoms with van der Waals surface area (Å²) in [5, 5.41) is 17.9. The Morgan fingerprint density at radius 2 is 2.20 bits per heavy atom. The second-order valence-electron chi connectivity index (χ2n) is 3.01. The van der Waals surface area contributed by atoms with Crippen LogP contribution in [0.5, 0.6) is 5.75 Å². The van der Waals surface area contributed by atoms with Gasteiger partial charge in [0.05, 0.1) is 0 Å². The van der Waals surface area contributed by atoms with Gasteiger partial charge in [-0.1, -0.05) is 16.8 Å². The fraction of sp³-hybridized carbons (Fsp3) is 0.111. The standard InChI is InChI=1S/C9H7BrClN3O/c1-14-8(9(10)12-13-14)6-4-5(11)2-3-7(6)15/h2-4,15H,1H3. The minimum absolute atomic E-state index is 0.144. The summed E-state index contributed by atoms with van der Waals surface area (Å²) in [6.45, 7) is 0. The maximum atomic E-state index is 9.71. The molecule has 0 unspecified atom stereocenters. The van der Waals surface area contributed by atoms with Crippen LogP contribution in [0.3, 0.4) is 0 Å². The van der Waals surface area contributed by atoms with E-state index in [-0.39, 0.29) is 5.75 Å². The molecule has 0 radical (unpaired) electrons. The van der Waals surface area contributed by atoms with Gasteiger partial charge in [-0.05, 0) is 34.1 Å². The molecule has 1 aromatic carbocycles. The molecule has 0 atom stereocenters. The molecule has 1 N–H and O–H groups in total. The zero-order valence-electron chi connectivity index (χ0n) is 7.78. The van der Waals surface area contributed by atoms with Gasteiger partial charge in [0, 0.05) is 17.6 Å². The van der Waals surface area contributed by atoms with E-state index >= 15 is 0 Å². The SMILES string of the molecule is Cn1nnc(Br)c1-c1cc(Cl)ccc1O. The maximum absolute atomic E-state index is 9.71. The number of hydrogen-bond donors (Lipinski definition) is 1. The molecule has 0 saturated carbocycles. The molecular formula is C9H7BrClN3O. The van der Waals surface area contributed by atoms with Crippen LogP contribution in [-0.4, -0.2) is 20.1 Å². The first-order chi connectivity index (χ1) is 7.09. The molecule has 78 valence electrons. The maximum Gasteiger partial charge on any atom is 0.156 e. The average molecular weight is 289 g/mol. The Morgan fingerprint density at radius 1 is 1.47 bits per heavy atom. The van der Waals surface area contributed by atoms with Gasteiger partial charge in [-0.15, -0.1) is 5.10 Å². The quantitative estimate of drug-likeness (QED) is 0.877. The molecule has 0 amide bonds. The van der Waals surface area contributed by atoms with Crippen molar-refractivity contribution in [1.82, 2.24) is 15.0 Å². The minimum Gasteiger partial charge on any atom is -0.507 e. The van der Waals surface area contributed by atoms with Crippen molar-refractivity contribution in [1.29, 1.82) is 0 Å². The lowest BCUT2D eigenvalue weighted by Crippen LogP contribution is -1.94. The number of phenolic OH excluding ortho intramolecular Hbond substituents is 1. The highest BCUT2D eigenvalue weighted by Crippen LogP contribution is 2.34. The highest BCUT2D eigenvalue weighted by atomic mass is 79.9. The summed E-state index contributed by atoms with van der Waals surface area (Å²) in [6.07, 6.45) is 0. The summed E-state index contributed by atoms with van der Waals surface area (Å²) in [6, 6.07) is 4.83. The number of rotatable bonds is 1. The minimum atomic E-state index is 0.144. The molecule has 0 aliphatic rings. The van der Waals surface area contributed by atoms with Gasteiger partial charge < -0.3 is 5.11 Å². The molecule has 0 fully saturated rings. The third-order valence-electron chi connectivity index (χ3n) is 2.00. The third kappa shape index (κ3) is 1.85. The summed E-state index contributed by atoms with van der Waals surface area (Å²) in [5.74, 6) is 0.144. The van der Waals surface area contributed by atoms with Crippen molar-refractivity contribution >= 4 is 27.5 Å². The number of hydrogen-bond acceptors (Lipinski definition) is 3. The number of aromatic nitrogens is 3. The lowest BCUT2D eigenvalue weighted by Gasteiger charge is -2.05. The Bertz CT molecular complexity index is 493.